The number of non-ortho nitro benzene ring substituents is 6. The molecule has 0 atom stereocenters. The van der Waals surface area contributed by atoms with Crippen molar-refractivity contribution in [2.24, 2.45) is 0 Å². The van der Waals surface area contributed by atoms with E-state index >= 15 is 0 Å². The molecule has 55 heteroatoms. The molecule has 2 aliphatic heterocycles. The second kappa shape index (κ2) is 75.6. The molecule has 12 amide bonds. The van der Waals surface area contributed by atoms with E-state index in [9.17, 15) is 89.5 Å². The molecular weight excluding hydrogens is 1840 g/mol. The molecule has 2 aliphatic rings. The van der Waals surface area contributed by atoms with E-state index in [0.29, 0.717) is 232 Å². The van der Waals surface area contributed by atoms with Crippen molar-refractivity contribution < 1.29 is 233 Å². The fraction of sp³-hybridized carbons (Fsp3) is 0.456. The normalized spacial score (nSPS) is 13.7. The first-order chi connectivity index (χ1) is 63.7. The number of amides is 12. The molecule has 0 spiro atoms. The van der Waals surface area contributed by atoms with Crippen LogP contribution in [-0.2, 0) is 56.8 Å². The van der Waals surface area contributed by atoms with E-state index in [-0.39, 0.29) is 176 Å². The van der Waals surface area contributed by atoms with Gasteiger partial charge in [-0.05, 0) is 79.0 Å². The Hall–Kier alpha value is -10.7. The van der Waals surface area contributed by atoms with Crippen molar-refractivity contribution in [1.82, 2.24) is 41.7 Å². The Balaban J connectivity index is 0.000000641. The number of carbonyl (C=O) groups excluding carboxylic acids is 7. The number of ether oxygens (including phenoxy) is 12. The average Bonchev–Trinajstić information content (AvgIpc) is 0.915. The Labute approximate surface area is 852 Å². The molecule has 0 aliphatic carbocycles. The number of nitro benzene ring substituents is 6. The van der Waals surface area contributed by atoms with Crippen molar-refractivity contribution in [2.45, 2.75) is 0 Å². The minimum atomic E-state index is -2.33. The molecule has 2 heterocycles. The Morgan fingerprint density at radius 2 is 0.313 bits per heavy atom. The van der Waals surface area contributed by atoms with Gasteiger partial charge in [-0.1, -0.05) is 0 Å². The number of rotatable bonds is 30. The number of urea groups is 6. The van der Waals surface area contributed by atoms with E-state index in [1.807, 2.05) is 9.80 Å². The van der Waals surface area contributed by atoms with Crippen molar-refractivity contribution in [3.8, 4) is 0 Å². The van der Waals surface area contributed by atoms with Crippen molar-refractivity contribution in [2.75, 3.05) is 269 Å². The molecule has 724 valence electrons. The molecule has 0 bridgehead atoms. The molecule has 6 aromatic carbocycles. The number of nitrogens with zero attached hydrogens (tertiary/aromatic N) is 8. The smallest absolute Gasteiger partial charge is 0.652 e. The standard InChI is InChI=1S/2C27H30N10O9.2C12H24O6.CH2O3.2K/c2*38-25(31-19-1-7-22(8-2-19)35(41)42)28-13-16-34(17-14-29-26(39)32-20-3-9-23(10-4-20)36(43)44)18-15-30-27(40)33-21-5-11-24(12-6-21)37(45)46;2*1-2-14-5-6-16-9-10-18-12-11-17-8-7-15-4-3-13-1;2-1(3)4;;/h2*1-12H,13-18H2,(H2,28,31,38)(H2,29,32,39)(H2,30,33,40);2*1-12H2;(H2,2,3,4);;/q;;;;;2*+1/p-2. The molecule has 0 radical (unpaired) electrons. The summed E-state index contributed by atoms with van der Waals surface area (Å²) in [6, 6.07) is 28.5. The van der Waals surface area contributed by atoms with Crippen LogP contribution in [0.4, 0.5) is 102 Å². The van der Waals surface area contributed by atoms with Gasteiger partial charge in [-0.2, -0.15) is 0 Å². The van der Waals surface area contributed by atoms with Crippen molar-refractivity contribution in [3.63, 3.8) is 0 Å². The average molecular weight is 1940 g/mol. The quantitative estimate of drug-likeness (QED) is 0.0142. The number of nitrogens with one attached hydrogen (secondary N) is 12. The zero-order valence-electron chi connectivity index (χ0n) is 73.9. The minimum Gasteiger partial charge on any atom is -0.652 e. The van der Waals surface area contributed by atoms with Crippen LogP contribution in [0.5, 0.6) is 0 Å². The zero-order valence-corrected chi connectivity index (χ0v) is 80.1. The van der Waals surface area contributed by atoms with Crippen LogP contribution in [0.2, 0.25) is 0 Å². The third-order valence-electron chi connectivity index (χ3n) is 16.8. The Morgan fingerprint density at radius 3 is 0.403 bits per heavy atom. The van der Waals surface area contributed by atoms with Crippen LogP contribution >= 0.6 is 0 Å². The predicted molar refractivity (Wildman–Crippen MR) is 469 cm³/mol. The molecule has 8 rings (SSSR count). The van der Waals surface area contributed by atoms with E-state index in [1.165, 1.54) is 146 Å². The topological polar surface area (TPSA) is 686 Å². The van der Waals surface area contributed by atoms with Crippen LogP contribution in [0.1, 0.15) is 0 Å². The Morgan fingerprint density at radius 1 is 0.216 bits per heavy atom. The van der Waals surface area contributed by atoms with Crippen molar-refractivity contribution >= 4 is 111 Å². The first-order valence-corrected chi connectivity index (χ1v) is 40.7. The van der Waals surface area contributed by atoms with Crippen LogP contribution in [0, 0.1) is 60.7 Å². The summed E-state index contributed by atoms with van der Waals surface area (Å²) < 4.78 is 63.9. The third kappa shape index (κ3) is 61.3. The second-order valence-corrected chi connectivity index (χ2v) is 26.4. The molecule has 12 N–H and O–H groups in total. The fourth-order valence-corrected chi connectivity index (χ4v) is 10.3. The summed E-state index contributed by atoms with van der Waals surface area (Å²) in [6.45, 7) is 17.0. The van der Waals surface area contributed by atoms with E-state index in [1.54, 1.807) is 0 Å². The van der Waals surface area contributed by atoms with Gasteiger partial charge in [0.25, 0.3) is 34.1 Å². The largest absolute Gasteiger partial charge is 1.00 e. The third-order valence-corrected chi connectivity index (χ3v) is 16.8. The van der Waals surface area contributed by atoms with Crippen LogP contribution < -0.4 is 177 Å². The van der Waals surface area contributed by atoms with Gasteiger partial charge in [-0.15, -0.1) is 0 Å². The second-order valence-electron chi connectivity index (χ2n) is 26.4. The van der Waals surface area contributed by atoms with Crippen molar-refractivity contribution in [3.05, 3.63) is 206 Å². The minimum absolute atomic E-state index is 0. The Kier molecular flexibility index (Phi) is 67.4. The predicted octanol–water partition coefficient (Wildman–Crippen LogP) is -1.28. The Bertz CT molecular complexity index is 3600. The molecule has 0 aromatic heterocycles. The van der Waals surface area contributed by atoms with E-state index in [0.717, 1.165) is 0 Å². The van der Waals surface area contributed by atoms with Gasteiger partial charge in [-0.25, -0.2) is 28.8 Å². The van der Waals surface area contributed by atoms with Gasteiger partial charge in [0.1, 0.15) is 0 Å². The molecular formula is C79H108K2N20O33. The van der Waals surface area contributed by atoms with E-state index in [2.05, 4.69) is 63.8 Å². The van der Waals surface area contributed by atoms with Crippen LogP contribution in [0.15, 0.2) is 146 Å². The molecule has 0 saturated carbocycles. The van der Waals surface area contributed by atoms with Crippen LogP contribution in [0.25, 0.3) is 0 Å². The van der Waals surface area contributed by atoms with Gasteiger partial charge < -0.3 is 136 Å². The van der Waals surface area contributed by atoms with Gasteiger partial charge in [0.05, 0.1) is 188 Å². The number of carboxylic acid groups (broad SMARTS) is 2. The summed E-state index contributed by atoms with van der Waals surface area (Å²) in [7, 11) is 0. The van der Waals surface area contributed by atoms with E-state index in [4.69, 9.17) is 71.8 Å². The summed E-state index contributed by atoms with van der Waals surface area (Å²) in [6.07, 6.45) is -2.33. The molecule has 0 unspecified atom stereocenters. The van der Waals surface area contributed by atoms with Gasteiger partial charge in [-0.3, -0.25) is 70.5 Å². The van der Waals surface area contributed by atoms with Crippen LogP contribution in [0.3, 0.4) is 0 Å². The molecule has 134 heavy (non-hydrogen) atoms. The van der Waals surface area contributed by atoms with Crippen molar-refractivity contribution in [1.29, 1.82) is 0 Å². The SMILES string of the molecule is C1COCCOCCOCCOCCOCCO1.C1COCCOCCOCCOCCOCCO1.O=C(NCCN(CCNC(=O)Nc1ccc([N+](=O)[O-])cc1)CCNC(=O)Nc1ccc([N+](=O)[O-])cc1)Nc1ccc([N+](=O)[O-])cc1.O=C(NCCN(CCNC(=O)Nc1ccc([N+](=O)[O-])cc1)CCNC(=O)Nc1ccc([N+](=O)[O-])cc1)Nc1ccc([N+](=O)[O-])cc1.O=C([O-])[O-].[K+].[K+]. The van der Waals surface area contributed by atoms with Gasteiger partial charge in [0, 0.05) is 185 Å². The zero-order chi connectivity index (χ0) is 96.0. The maximum Gasteiger partial charge on any atom is 1.00 e. The summed E-state index contributed by atoms with van der Waals surface area (Å²) in [5, 5.41) is 113. The maximum atomic E-state index is 12.3. The molecule has 2 fully saturated rings. The number of benzene rings is 6. The number of hydrogen-bond acceptors (Lipinski definition) is 35. The first-order valence-electron chi connectivity index (χ1n) is 40.7. The number of anilines is 6. The van der Waals surface area contributed by atoms with E-state index < -0.39 is 71.9 Å². The first kappa shape index (κ1) is 119. The molecule has 53 nitrogen and oxygen atoms in total. The number of carbonyl (C=O) groups is 7. The van der Waals surface area contributed by atoms with Crippen LogP contribution in [-0.4, -0.2) is 319 Å². The number of nitro groups is 6. The summed E-state index contributed by atoms with van der Waals surface area (Å²) in [5.74, 6) is 0. The number of hydrogen-bond donors (Lipinski definition) is 12. The summed E-state index contributed by atoms with van der Waals surface area (Å²) >= 11 is 0. The van der Waals surface area contributed by atoms with Gasteiger partial charge in [0.15, 0.2) is 0 Å². The monoisotopic (exact) mass is 1940 g/mol. The summed E-state index contributed by atoms with van der Waals surface area (Å²) in [4.78, 5) is 147. The van der Waals surface area contributed by atoms with Gasteiger partial charge >= 0.3 is 139 Å². The molecule has 6 aromatic rings. The maximum absolute atomic E-state index is 12.3. The van der Waals surface area contributed by atoms with Gasteiger partial charge in [0.2, 0.25) is 0 Å². The summed E-state index contributed by atoms with van der Waals surface area (Å²) in [5.41, 5.74) is 1.41. The fourth-order valence-electron chi connectivity index (χ4n) is 10.3. The molecule has 2 saturated heterocycles.